The first-order valence-electron chi connectivity index (χ1n) is 6.83. The standard InChI is InChI=1S/C14H21N5O/c1-5-18-8-13(12(4)17-18)11(3)15-14(20)9-19-7-6-10(2)16-19/h6-8,11H,5,9H2,1-4H3,(H,15,20). The third-order valence-corrected chi connectivity index (χ3v) is 3.23. The minimum absolute atomic E-state index is 0.0516. The Bertz CT molecular complexity index is 598. The van der Waals surface area contributed by atoms with Crippen LogP contribution in [0.3, 0.4) is 0 Å². The van der Waals surface area contributed by atoms with E-state index in [-0.39, 0.29) is 18.5 Å². The highest BCUT2D eigenvalue weighted by atomic mass is 16.2. The molecular formula is C14H21N5O. The van der Waals surface area contributed by atoms with Gasteiger partial charge in [0.1, 0.15) is 6.54 Å². The molecule has 0 aromatic carbocycles. The highest BCUT2D eigenvalue weighted by Gasteiger charge is 2.15. The predicted octanol–water partition coefficient (Wildman–Crippen LogP) is 1.59. The van der Waals surface area contributed by atoms with Crippen molar-refractivity contribution < 1.29 is 4.79 Å². The van der Waals surface area contributed by atoms with E-state index in [1.165, 1.54) is 0 Å². The van der Waals surface area contributed by atoms with Crippen LogP contribution < -0.4 is 5.32 Å². The van der Waals surface area contributed by atoms with Gasteiger partial charge in [-0.2, -0.15) is 10.2 Å². The second-order valence-electron chi connectivity index (χ2n) is 4.97. The highest BCUT2D eigenvalue weighted by Crippen LogP contribution is 2.15. The number of amides is 1. The number of aromatic nitrogens is 4. The van der Waals surface area contributed by atoms with Crippen molar-refractivity contribution in [2.45, 2.75) is 46.8 Å². The van der Waals surface area contributed by atoms with Crippen molar-refractivity contribution in [1.29, 1.82) is 0 Å². The fourth-order valence-electron chi connectivity index (χ4n) is 2.18. The van der Waals surface area contributed by atoms with E-state index < -0.39 is 0 Å². The number of hydrogen-bond donors (Lipinski definition) is 1. The van der Waals surface area contributed by atoms with Crippen molar-refractivity contribution in [1.82, 2.24) is 24.9 Å². The van der Waals surface area contributed by atoms with Crippen LogP contribution in [0.25, 0.3) is 0 Å². The molecule has 0 saturated heterocycles. The summed E-state index contributed by atoms with van der Waals surface area (Å²) in [5.74, 6) is -0.0516. The molecule has 1 amide bonds. The second-order valence-corrected chi connectivity index (χ2v) is 4.97. The number of carbonyl (C=O) groups is 1. The van der Waals surface area contributed by atoms with Crippen LogP contribution in [0, 0.1) is 13.8 Å². The van der Waals surface area contributed by atoms with Crippen molar-refractivity contribution in [3.8, 4) is 0 Å². The van der Waals surface area contributed by atoms with Gasteiger partial charge < -0.3 is 5.32 Å². The zero-order valence-corrected chi connectivity index (χ0v) is 12.4. The number of aryl methyl sites for hydroxylation is 3. The molecule has 108 valence electrons. The van der Waals surface area contributed by atoms with Crippen molar-refractivity contribution in [2.24, 2.45) is 0 Å². The topological polar surface area (TPSA) is 64.7 Å². The van der Waals surface area contributed by atoms with E-state index in [9.17, 15) is 4.79 Å². The van der Waals surface area contributed by atoms with Crippen molar-refractivity contribution >= 4 is 5.91 Å². The Kier molecular flexibility index (Phi) is 4.22. The molecule has 6 heteroatoms. The summed E-state index contributed by atoms with van der Waals surface area (Å²) < 4.78 is 3.52. The summed E-state index contributed by atoms with van der Waals surface area (Å²) >= 11 is 0. The number of hydrogen-bond acceptors (Lipinski definition) is 3. The molecule has 0 bridgehead atoms. The third-order valence-electron chi connectivity index (χ3n) is 3.23. The van der Waals surface area contributed by atoms with E-state index >= 15 is 0 Å². The lowest BCUT2D eigenvalue weighted by Crippen LogP contribution is -2.30. The molecule has 2 heterocycles. The summed E-state index contributed by atoms with van der Waals surface area (Å²) in [5.41, 5.74) is 2.91. The largest absolute Gasteiger partial charge is 0.348 e. The highest BCUT2D eigenvalue weighted by molar-refractivity contribution is 5.76. The lowest BCUT2D eigenvalue weighted by molar-refractivity contribution is -0.122. The summed E-state index contributed by atoms with van der Waals surface area (Å²) in [4.78, 5) is 12.0. The molecule has 1 unspecified atom stereocenters. The molecule has 1 N–H and O–H groups in total. The fourth-order valence-corrected chi connectivity index (χ4v) is 2.18. The molecule has 0 aliphatic rings. The molecule has 1 atom stereocenters. The Labute approximate surface area is 118 Å². The first-order chi connectivity index (χ1) is 9.49. The molecule has 2 aromatic rings. The summed E-state index contributed by atoms with van der Waals surface area (Å²) in [6, 6.07) is 1.83. The summed E-state index contributed by atoms with van der Waals surface area (Å²) in [5, 5.41) is 11.6. The molecular weight excluding hydrogens is 254 g/mol. The van der Waals surface area contributed by atoms with Crippen LogP contribution in [0.4, 0.5) is 0 Å². The van der Waals surface area contributed by atoms with Gasteiger partial charge in [0, 0.05) is 24.5 Å². The van der Waals surface area contributed by atoms with Crippen LogP contribution in [-0.4, -0.2) is 25.5 Å². The molecule has 2 aromatic heterocycles. The Balaban J connectivity index is 1.98. The molecule has 2 rings (SSSR count). The minimum atomic E-state index is -0.0561. The van der Waals surface area contributed by atoms with E-state index in [1.54, 1.807) is 10.9 Å². The quantitative estimate of drug-likeness (QED) is 0.901. The van der Waals surface area contributed by atoms with Gasteiger partial charge in [-0.3, -0.25) is 14.2 Å². The first-order valence-corrected chi connectivity index (χ1v) is 6.83. The SMILES string of the molecule is CCn1cc(C(C)NC(=O)Cn2ccc(C)n2)c(C)n1. The van der Waals surface area contributed by atoms with Crippen molar-refractivity contribution in [2.75, 3.05) is 0 Å². The first kappa shape index (κ1) is 14.3. The monoisotopic (exact) mass is 275 g/mol. The Morgan fingerprint density at radius 1 is 1.35 bits per heavy atom. The van der Waals surface area contributed by atoms with Gasteiger partial charge in [0.05, 0.1) is 17.4 Å². The Morgan fingerprint density at radius 3 is 2.65 bits per heavy atom. The van der Waals surface area contributed by atoms with Gasteiger partial charge >= 0.3 is 0 Å². The molecule has 20 heavy (non-hydrogen) atoms. The van der Waals surface area contributed by atoms with Crippen LogP contribution in [0.2, 0.25) is 0 Å². The van der Waals surface area contributed by atoms with Crippen LogP contribution >= 0.6 is 0 Å². The van der Waals surface area contributed by atoms with Gasteiger partial charge in [-0.25, -0.2) is 0 Å². The van der Waals surface area contributed by atoms with Gasteiger partial charge in [-0.15, -0.1) is 0 Å². The maximum Gasteiger partial charge on any atom is 0.242 e. The number of nitrogens with one attached hydrogen (secondary N) is 1. The van der Waals surface area contributed by atoms with Crippen LogP contribution in [0.5, 0.6) is 0 Å². The minimum Gasteiger partial charge on any atom is -0.348 e. The number of carbonyl (C=O) groups excluding carboxylic acids is 1. The number of nitrogens with zero attached hydrogens (tertiary/aromatic N) is 4. The maximum absolute atomic E-state index is 12.0. The van der Waals surface area contributed by atoms with Gasteiger partial charge in [0.2, 0.25) is 5.91 Å². The molecule has 0 saturated carbocycles. The predicted molar refractivity (Wildman–Crippen MR) is 76.2 cm³/mol. The van der Waals surface area contributed by atoms with Gasteiger partial charge in [-0.1, -0.05) is 0 Å². The normalized spacial score (nSPS) is 12.4. The van der Waals surface area contributed by atoms with Gasteiger partial charge in [-0.05, 0) is 33.8 Å². The summed E-state index contributed by atoms with van der Waals surface area (Å²) in [6.07, 6.45) is 3.79. The molecule has 0 spiro atoms. The molecule has 0 aliphatic heterocycles. The smallest absolute Gasteiger partial charge is 0.242 e. The fraction of sp³-hybridized carbons (Fsp3) is 0.500. The van der Waals surface area contributed by atoms with E-state index in [0.717, 1.165) is 23.5 Å². The molecule has 0 radical (unpaired) electrons. The van der Waals surface area contributed by atoms with Crippen molar-refractivity contribution in [3.05, 3.63) is 35.4 Å². The third kappa shape index (κ3) is 3.26. The Morgan fingerprint density at radius 2 is 2.10 bits per heavy atom. The summed E-state index contributed by atoms with van der Waals surface area (Å²) in [6.45, 7) is 8.93. The molecule has 6 nitrogen and oxygen atoms in total. The maximum atomic E-state index is 12.0. The van der Waals surface area contributed by atoms with Gasteiger partial charge in [0.25, 0.3) is 0 Å². The zero-order chi connectivity index (χ0) is 14.7. The average molecular weight is 275 g/mol. The average Bonchev–Trinajstić information content (AvgIpc) is 2.95. The number of rotatable bonds is 5. The Hall–Kier alpha value is -2.11. The molecule has 0 fully saturated rings. The van der Waals surface area contributed by atoms with Crippen LogP contribution in [0.1, 0.15) is 36.8 Å². The van der Waals surface area contributed by atoms with Gasteiger partial charge in [0.15, 0.2) is 0 Å². The molecule has 0 aliphatic carbocycles. The van der Waals surface area contributed by atoms with Crippen LogP contribution in [-0.2, 0) is 17.9 Å². The lowest BCUT2D eigenvalue weighted by Gasteiger charge is -2.13. The van der Waals surface area contributed by atoms with E-state index in [2.05, 4.69) is 15.5 Å². The van der Waals surface area contributed by atoms with E-state index in [1.807, 2.05) is 44.6 Å². The zero-order valence-electron chi connectivity index (χ0n) is 12.4. The van der Waals surface area contributed by atoms with Crippen molar-refractivity contribution in [3.63, 3.8) is 0 Å². The van der Waals surface area contributed by atoms with E-state index in [4.69, 9.17) is 0 Å². The summed E-state index contributed by atoms with van der Waals surface area (Å²) in [7, 11) is 0. The van der Waals surface area contributed by atoms with Crippen LogP contribution in [0.15, 0.2) is 18.5 Å². The van der Waals surface area contributed by atoms with E-state index in [0.29, 0.717) is 0 Å². The lowest BCUT2D eigenvalue weighted by atomic mass is 10.1. The second kappa shape index (κ2) is 5.90.